The average Bonchev–Trinajstić information content (AvgIpc) is 2.73. The normalized spacial score (nSPS) is 51.0. The molecule has 28 heavy (non-hydrogen) atoms. The Morgan fingerprint density at radius 1 is 0.429 bits per heavy atom. The van der Waals surface area contributed by atoms with Crippen molar-refractivity contribution in [3.05, 3.63) is 0 Å². The SMILES string of the molecule is CC1CCC(C2CCC(C3CCC(C4CCC(C)C(F)C4F)CC3)CC2)CC1. The van der Waals surface area contributed by atoms with Crippen LogP contribution in [0.1, 0.15) is 104 Å². The summed E-state index contributed by atoms with van der Waals surface area (Å²) < 4.78 is 28.8. The van der Waals surface area contributed by atoms with E-state index in [0.717, 1.165) is 55.3 Å². The van der Waals surface area contributed by atoms with Gasteiger partial charge in [0.25, 0.3) is 0 Å². The van der Waals surface area contributed by atoms with Crippen molar-refractivity contribution in [3.8, 4) is 0 Å². The zero-order valence-electron chi connectivity index (χ0n) is 18.4. The average molecular weight is 395 g/mol. The van der Waals surface area contributed by atoms with Crippen LogP contribution < -0.4 is 0 Å². The molecule has 4 rings (SSSR count). The summed E-state index contributed by atoms with van der Waals surface area (Å²) in [6, 6.07) is 0. The van der Waals surface area contributed by atoms with Crippen LogP contribution in [0.4, 0.5) is 8.78 Å². The minimum atomic E-state index is -1.21. The van der Waals surface area contributed by atoms with Crippen LogP contribution in [0.3, 0.4) is 0 Å². The highest BCUT2D eigenvalue weighted by Crippen LogP contribution is 2.48. The second-order valence-corrected chi connectivity index (χ2v) is 11.5. The quantitative estimate of drug-likeness (QED) is 0.453. The Balaban J connectivity index is 1.21. The minimum absolute atomic E-state index is 0.0107. The molecule has 0 nitrogen and oxygen atoms in total. The van der Waals surface area contributed by atoms with Crippen LogP contribution in [0.5, 0.6) is 0 Å². The second kappa shape index (κ2) is 9.34. The van der Waals surface area contributed by atoms with Gasteiger partial charge in [0.1, 0.15) is 12.3 Å². The lowest BCUT2D eigenvalue weighted by atomic mass is 9.63. The van der Waals surface area contributed by atoms with Crippen molar-refractivity contribution < 1.29 is 8.78 Å². The highest BCUT2D eigenvalue weighted by Gasteiger charge is 2.43. The van der Waals surface area contributed by atoms with Crippen LogP contribution in [-0.2, 0) is 0 Å². The standard InChI is InChI=1S/C26H44F2/c1-17-3-6-19(7-4-17)20-8-10-21(11-9-20)22-12-14-23(15-13-22)24-16-5-18(2)25(27)26(24)28/h17-26H,3-16H2,1-2H3. The first-order valence-corrected chi connectivity index (χ1v) is 12.8. The summed E-state index contributed by atoms with van der Waals surface area (Å²) in [5, 5.41) is 0. The summed E-state index contributed by atoms with van der Waals surface area (Å²) in [7, 11) is 0. The van der Waals surface area contributed by atoms with Gasteiger partial charge in [-0.25, -0.2) is 8.78 Å². The van der Waals surface area contributed by atoms with E-state index in [0.29, 0.717) is 5.92 Å². The lowest BCUT2D eigenvalue weighted by Crippen LogP contribution is -2.41. The number of hydrogen-bond acceptors (Lipinski definition) is 0. The van der Waals surface area contributed by atoms with E-state index < -0.39 is 12.3 Å². The highest BCUT2D eigenvalue weighted by molar-refractivity contribution is 4.92. The molecule has 4 fully saturated rings. The predicted octanol–water partition coefficient (Wildman–Crippen LogP) is 8.15. The molecule has 0 aromatic rings. The molecule has 0 aromatic carbocycles. The molecule has 4 aliphatic carbocycles. The van der Waals surface area contributed by atoms with Crippen molar-refractivity contribution in [1.29, 1.82) is 0 Å². The zero-order chi connectivity index (χ0) is 19.7. The summed E-state index contributed by atoms with van der Waals surface area (Å²) >= 11 is 0. The summed E-state index contributed by atoms with van der Waals surface area (Å²) in [5.74, 6) is 5.20. The fourth-order valence-corrected chi connectivity index (χ4v) is 7.71. The van der Waals surface area contributed by atoms with E-state index in [9.17, 15) is 8.78 Å². The first-order valence-electron chi connectivity index (χ1n) is 12.8. The van der Waals surface area contributed by atoms with Crippen LogP contribution >= 0.6 is 0 Å². The van der Waals surface area contributed by atoms with Crippen molar-refractivity contribution in [3.63, 3.8) is 0 Å². The third-order valence-corrected chi connectivity index (χ3v) is 9.84. The van der Waals surface area contributed by atoms with Gasteiger partial charge >= 0.3 is 0 Å². The first kappa shape index (κ1) is 21.1. The maximum absolute atomic E-state index is 14.6. The summed E-state index contributed by atoms with van der Waals surface area (Å²) in [5.41, 5.74) is 0. The number of alkyl halides is 2. The topological polar surface area (TPSA) is 0 Å². The van der Waals surface area contributed by atoms with Gasteiger partial charge in [0.2, 0.25) is 0 Å². The highest BCUT2D eigenvalue weighted by atomic mass is 19.2. The fraction of sp³-hybridized carbons (Fsp3) is 1.00. The molecule has 4 aliphatic rings. The molecule has 0 radical (unpaired) electrons. The Morgan fingerprint density at radius 3 is 1.29 bits per heavy atom. The van der Waals surface area contributed by atoms with Crippen molar-refractivity contribution in [2.45, 2.75) is 116 Å². The second-order valence-electron chi connectivity index (χ2n) is 11.5. The van der Waals surface area contributed by atoms with Crippen LogP contribution in [-0.4, -0.2) is 12.3 Å². The summed E-state index contributed by atoms with van der Waals surface area (Å²) in [4.78, 5) is 0. The van der Waals surface area contributed by atoms with Crippen LogP contribution in [0.25, 0.3) is 0 Å². The molecule has 0 bridgehead atoms. The number of halogens is 2. The van der Waals surface area contributed by atoms with E-state index in [2.05, 4.69) is 6.92 Å². The molecule has 162 valence electrons. The van der Waals surface area contributed by atoms with Gasteiger partial charge in [0, 0.05) is 0 Å². The lowest BCUT2D eigenvalue weighted by molar-refractivity contribution is -0.0105. The van der Waals surface area contributed by atoms with E-state index in [1.54, 1.807) is 0 Å². The molecule has 4 unspecified atom stereocenters. The van der Waals surface area contributed by atoms with Gasteiger partial charge in [-0.2, -0.15) is 0 Å². The number of hydrogen-bond donors (Lipinski definition) is 0. The molecule has 2 heteroatoms. The van der Waals surface area contributed by atoms with Gasteiger partial charge in [-0.3, -0.25) is 0 Å². The molecule has 0 saturated heterocycles. The summed E-state index contributed by atoms with van der Waals surface area (Å²) in [6.07, 6.45) is 16.0. The van der Waals surface area contributed by atoms with Crippen molar-refractivity contribution >= 4 is 0 Å². The molecule has 0 heterocycles. The van der Waals surface area contributed by atoms with E-state index >= 15 is 0 Å². The lowest BCUT2D eigenvalue weighted by Gasteiger charge is -2.44. The maximum Gasteiger partial charge on any atom is 0.134 e. The van der Waals surface area contributed by atoms with Gasteiger partial charge in [-0.05, 0) is 124 Å². The van der Waals surface area contributed by atoms with Crippen molar-refractivity contribution in [2.24, 2.45) is 47.3 Å². The molecule has 0 spiro atoms. The molecule has 0 aliphatic heterocycles. The number of rotatable bonds is 3. The van der Waals surface area contributed by atoms with E-state index in [-0.39, 0.29) is 11.8 Å². The smallest absolute Gasteiger partial charge is 0.134 e. The fourth-order valence-electron chi connectivity index (χ4n) is 7.71. The van der Waals surface area contributed by atoms with Gasteiger partial charge < -0.3 is 0 Å². The molecule has 0 aromatic heterocycles. The largest absolute Gasteiger partial charge is 0.244 e. The Hall–Kier alpha value is -0.140. The molecular formula is C26H44F2. The van der Waals surface area contributed by atoms with Crippen molar-refractivity contribution in [1.82, 2.24) is 0 Å². The van der Waals surface area contributed by atoms with Crippen molar-refractivity contribution in [2.75, 3.05) is 0 Å². The zero-order valence-corrected chi connectivity index (χ0v) is 18.4. The Morgan fingerprint density at radius 2 is 0.821 bits per heavy atom. The van der Waals surface area contributed by atoms with Gasteiger partial charge in [-0.15, -0.1) is 0 Å². The minimum Gasteiger partial charge on any atom is -0.244 e. The van der Waals surface area contributed by atoms with Gasteiger partial charge in [0.15, 0.2) is 0 Å². The maximum atomic E-state index is 14.6. The molecule has 4 saturated carbocycles. The van der Waals surface area contributed by atoms with Gasteiger partial charge in [-0.1, -0.05) is 26.7 Å². The molecular weight excluding hydrogens is 350 g/mol. The van der Waals surface area contributed by atoms with E-state index in [1.165, 1.54) is 64.2 Å². The third kappa shape index (κ3) is 4.61. The monoisotopic (exact) mass is 394 g/mol. The van der Waals surface area contributed by atoms with Gasteiger partial charge in [0.05, 0.1) is 0 Å². The Labute approximate surface area is 172 Å². The Bertz CT molecular complexity index is 467. The van der Waals surface area contributed by atoms with E-state index in [4.69, 9.17) is 0 Å². The van der Waals surface area contributed by atoms with Crippen LogP contribution in [0.15, 0.2) is 0 Å². The molecule has 0 N–H and O–H groups in total. The Kier molecular flexibility index (Phi) is 7.04. The van der Waals surface area contributed by atoms with E-state index in [1.807, 2.05) is 6.92 Å². The summed E-state index contributed by atoms with van der Waals surface area (Å²) in [6.45, 7) is 4.31. The first-order chi connectivity index (χ1) is 13.5. The predicted molar refractivity (Wildman–Crippen MR) is 114 cm³/mol. The molecule has 4 atom stereocenters. The van der Waals surface area contributed by atoms with Crippen LogP contribution in [0.2, 0.25) is 0 Å². The third-order valence-electron chi connectivity index (χ3n) is 9.84. The van der Waals surface area contributed by atoms with Crippen LogP contribution in [0, 0.1) is 47.3 Å². The molecule has 0 amide bonds.